The van der Waals surface area contributed by atoms with Crippen LogP contribution in [-0.4, -0.2) is 4.92 Å². The third-order valence-electron chi connectivity index (χ3n) is 3.07. The summed E-state index contributed by atoms with van der Waals surface area (Å²) in [6.45, 7) is 6.19. The van der Waals surface area contributed by atoms with Gasteiger partial charge < -0.3 is 5.32 Å². The van der Waals surface area contributed by atoms with Crippen molar-refractivity contribution in [2.75, 3.05) is 5.32 Å². The molecule has 0 aliphatic rings. The van der Waals surface area contributed by atoms with E-state index in [9.17, 15) is 10.1 Å². The first kappa shape index (κ1) is 14.8. The molecule has 1 aromatic carbocycles. The Morgan fingerprint density at radius 3 is 2.60 bits per heavy atom. The van der Waals surface area contributed by atoms with Crippen molar-refractivity contribution in [1.82, 2.24) is 0 Å². The maximum absolute atomic E-state index is 10.9. The molecule has 0 bridgehead atoms. The minimum absolute atomic E-state index is 0.0814. The molecule has 0 amide bonds. The Bertz CT molecular complexity index is 655. The van der Waals surface area contributed by atoms with E-state index in [2.05, 4.69) is 25.2 Å². The number of aryl methyl sites for hydroxylation is 2. The molecular weight excluding hydrogens is 296 g/mol. The van der Waals surface area contributed by atoms with Gasteiger partial charge in [0, 0.05) is 27.5 Å². The van der Waals surface area contributed by atoms with E-state index in [0.717, 1.165) is 0 Å². The van der Waals surface area contributed by atoms with E-state index in [-0.39, 0.29) is 16.8 Å². The minimum Gasteiger partial charge on any atom is -0.378 e. The molecule has 0 saturated heterocycles. The summed E-state index contributed by atoms with van der Waals surface area (Å²) < 4.78 is 0. The summed E-state index contributed by atoms with van der Waals surface area (Å²) in [6.07, 6.45) is 0. The van der Waals surface area contributed by atoms with E-state index in [1.807, 2.05) is 6.92 Å². The number of benzene rings is 1. The summed E-state index contributed by atoms with van der Waals surface area (Å²) in [6, 6.07) is 6.98. The first-order valence-electron chi connectivity index (χ1n) is 6.16. The van der Waals surface area contributed by atoms with Gasteiger partial charge in [0.15, 0.2) is 0 Å². The highest BCUT2D eigenvalue weighted by Gasteiger charge is 2.15. The molecule has 0 aliphatic heterocycles. The summed E-state index contributed by atoms with van der Waals surface area (Å²) in [5.74, 6) is 0. The molecule has 20 heavy (non-hydrogen) atoms. The van der Waals surface area contributed by atoms with Crippen molar-refractivity contribution in [3.8, 4) is 0 Å². The molecule has 1 atom stereocenters. The van der Waals surface area contributed by atoms with Gasteiger partial charge >= 0.3 is 0 Å². The highest BCUT2D eigenvalue weighted by atomic mass is 35.5. The Hall–Kier alpha value is -1.59. The molecule has 0 spiro atoms. The van der Waals surface area contributed by atoms with Crippen molar-refractivity contribution in [3.63, 3.8) is 0 Å². The number of nitrogens with one attached hydrogen (secondary N) is 1. The summed E-state index contributed by atoms with van der Waals surface area (Å²) in [5.41, 5.74) is 1.82. The fourth-order valence-corrected chi connectivity index (χ4v) is 3.36. The second kappa shape index (κ2) is 5.81. The highest BCUT2D eigenvalue weighted by Crippen LogP contribution is 2.31. The monoisotopic (exact) mass is 310 g/mol. The van der Waals surface area contributed by atoms with Gasteiger partial charge in [-0.1, -0.05) is 11.6 Å². The predicted molar refractivity (Wildman–Crippen MR) is 83.9 cm³/mol. The third-order valence-corrected chi connectivity index (χ3v) is 4.37. The smallest absolute Gasteiger partial charge is 0.289 e. The van der Waals surface area contributed by atoms with E-state index in [1.54, 1.807) is 23.5 Å². The number of nitrogens with zero attached hydrogens (tertiary/aromatic N) is 1. The van der Waals surface area contributed by atoms with Crippen molar-refractivity contribution in [2.24, 2.45) is 0 Å². The maximum atomic E-state index is 10.9. The largest absolute Gasteiger partial charge is 0.378 e. The van der Waals surface area contributed by atoms with Crippen LogP contribution in [0.25, 0.3) is 0 Å². The molecule has 6 heteroatoms. The second-order valence-electron chi connectivity index (χ2n) is 4.66. The average molecular weight is 311 g/mol. The van der Waals surface area contributed by atoms with Crippen molar-refractivity contribution < 1.29 is 4.92 Å². The molecule has 1 aromatic heterocycles. The van der Waals surface area contributed by atoms with E-state index in [1.165, 1.54) is 21.4 Å². The Morgan fingerprint density at radius 2 is 2.05 bits per heavy atom. The number of hydrogen-bond acceptors (Lipinski definition) is 4. The zero-order valence-corrected chi connectivity index (χ0v) is 13.0. The summed E-state index contributed by atoms with van der Waals surface area (Å²) in [4.78, 5) is 12.9. The molecular formula is C14H15ClN2O2S. The Balaban J connectivity index is 2.24. The van der Waals surface area contributed by atoms with Crippen LogP contribution in [0, 0.1) is 24.0 Å². The van der Waals surface area contributed by atoms with Gasteiger partial charge in [-0.2, -0.15) is 0 Å². The van der Waals surface area contributed by atoms with Crippen LogP contribution in [0.1, 0.15) is 28.3 Å². The average Bonchev–Trinajstić information content (AvgIpc) is 2.70. The fraction of sp³-hybridized carbons (Fsp3) is 0.286. The van der Waals surface area contributed by atoms with Crippen LogP contribution in [-0.2, 0) is 0 Å². The number of halogens is 1. The molecule has 1 heterocycles. The SMILES string of the molecule is Cc1cc(C(C)Nc2ccc(Cl)c([N+](=O)[O-])c2)c(C)s1. The van der Waals surface area contributed by atoms with Gasteiger partial charge in [-0.05, 0) is 44.5 Å². The molecule has 0 aliphatic carbocycles. The molecule has 1 unspecified atom stereocenters. The summed E-state index contributed by atoms with van der Waals surface area (Å²) in [7, 11) is 0. The number of anilines is 1. The first-order chi connectivity index (χ1) is 9.38. The van der Waals surface area contributed by atoms with Crippen LogP contribution >= 0.6 is 22.9 Å². The highest BCUT2D eigenvalue weighted by molar-refractivity contribution is 7.12. The lowest BCUT2D eigenvalue weighted by atomic mass is 10.1. The zero-order valence-electron chi connectivity index (χ0n) is 11.4. The number of nitro benzene ring substituents is 1. The zero-order chi connectivity index (χ0) is 14.9. The van der Waals surface area contributed by atoms with Crippen LogP contribution < -0.4 is 5.32 Å². The van der Waals surface area contributed by atoms with Gasteiger partial charge in [-0.25, -0.2) is 0 Å². The number of thiophene rings is 1. The lowest BCUT2D eigenvalue weighted by molar-refractivity contribution is -0.384. The quantitative estimate of drug-likeness (QED) is 0.631. The Kier molecular flexibility index (Phi) is 4.30. The molecule has 2 aromatic rings. The molecule has 4 nitrogen and oxygen atoms in total. The van der Waals surface area contributed by atoms with Crippen molar-refractivity contribution in [2.45, 2.75) is 26.8 Å². The van der Waals surface area contributed by atoms with Gasteiger partial charge in [0.05, 0.1) is 4.92 Å². The standard InChI is InChI=1S/C14H15ClN2O2S/c1-8-6-12(10(3)20-8)9(2)16-11-4-5-13(15)14(7-11)17(18)19/h4-7,9,16H,1-3H3. The number of hydrogen-bond donors (Lipinski definition) is 1. The van der Waals surface area contributed by atoms with E-state index >= 15 is 0 Å². The number of rotatable bonds is 4. The topological polar surface area (TPSA) is 55.2 Å². The van der Waals surface area contributed by atoms with E-state index in [0.29, 0.717) is 5.69 Å². The summed E-state index contributed by atoms with van der Waals surface area (Å²) in [5, 5.41) is 14.3. The minimum atomic E-state index is -0.474. The maximum Gasteiger partial charge on any atom is 0.289 e. The van der Waals surface area contributed by atoms with Crippen LogP contribution in [0.15, 0.2) is 24.3 Å². The molecule has 2 rings (SSSR count). The van der Waals surface area contributed by atoms with Crippen LogP contribution in [0.4, 0.5) is 11.4 Å². The lowest BCUT2D eigenvalue weighted by Gasteiger charge is -2.15. The van der Waals surface area contributed by atoms with Gasteiger partial charge in [0.2, 0.25) is 0 Å². The molecule has 0 fully saturated rings. The molecule has 106 valence electrons. The van der Waals surface area contributed by atoms with Crippen LogP contribution in [0.5, 0.6) is 0 Å². The predicted octanol–water partition coefficient (Wildman–Crippen LogP) is 5.10. The van der Waals surface area contributed by atoms with Crippen molar-refractivity contribution in [1.29, 1.82) is 0 Å². The third kappa shape index (κ3) is 3.11. The summed E-state index contributed by atoms with van der Waals surface area (Å²) >= 11 is 7.55. The van der Waals surface area contributed by atoms with Crippen molar-refractivity contribution >= 4 is 34.3 Å². The molecule has 0 radical (unpaired) electrons. The van der Waals surface area contributed by atoms with Crippen molar-refractivity contribution in [3.05, 3.63) is 54.7 Å². The lowest BCUT2D eigenvalue weighted by Crippen LogP contribution is -2.07. The normalized spacial score (nSPS) is 12.2. The van der Waals surface area contributed by atoms with Crippen LogP contribution in [0.2, 0.25) is 5.02 Å². The number of nitro groups is 1. The first-order valence-corrected chi connectivity index (χ1v) is 7.35. The van der Waals surface area contributed by atoms with Gasteiger partial charge in [-0.15, -0.1) is 11.3 Å². The second-order valence-corrected chi connectivity index (χ2v) is 6.53. The Labute approximate surface area is 126 Å². The van der Waals surface area contributed by atoms with Gasteiger partial charge in [-0.3, -0.25) is 10.1 Å². The molecule has 0 saturated carbocycles. The van der Waals surface area contributed by atoms with E-state index < -0.39 is 4.92 Å². The van der Waals surface area contributed by atoms with Gasteiger partial charge in [0.25, 0.3) is 5.69 Å². The van der Waals surface area contributed by atoms with Crippen LogP contribution in [0.3, 0.4) is 0 Å². The van der Waals surface area contributed by atoms with Gasteiger partial charge in [0.1, 0.15) is 5.02 Å². The molecule has 1 N–H and O–H groups in total. The Morgan fingerprint density at radius 1 is 1.35 bits per heavy atom. The van der Waals surface area contributed by atoms with E-state index in [4.69, 9.17) is 11.6 Å². The fourth-order valence-electron chi connectivity index (χ4n) is 2.15.